The monoisotopic (exact) mass is 228 g/mol. The fraction of sp³-hybridized carbons (Fsp3) is 0.444. The zero-order chi connectivity index (χ0) is 12.1. The molecule has 0 radical (unpaired) electrons. The van der Waals surface area contributed by atoms with Gasteiger partial charge in [-0.05, 0) is 0 Å². The van der Waals surface area contributed by atoms with E-state index in [9.17, 15) is 4.79 Å². The number of hydrogen-bond donors (Lipinski definition) is 1. The number of aliphatic carboxylic acids is 1. The van der Waals surface area contributed by atoms with Crippen molar-refractivity contribution in [3.63, 3.8) is 0 Å². The predicted octanol–water partition coefficient (Wildman–Crippen LogP) is 0.129. The van der Waals surface area contributed by atoms with Crippen LogP contribution in [0, 0.1) is 0 Å². The van der Waals surface area contributed by atoms with Crippen molar-refractivity contribution in [2.75, 3.05) is 21.3 Å². The molecule has 1 aromatic heterocycles. The number of carbonyl (C=O) groups is 1. The molecule has 0 aromatic carbocycles. The molecule has 0 atom stereocenters. The summed E-state index contributed by atoms with van der Waals surface area (Å²) in [6.07, 6.45) is -0.281. The maximum Gasteiger partial charge on any atom is 0.322 e. The molecule has 0 aliphatic heterocycles. The maximum atomic E-state index is 10.7. The first-order chi connectivity index (χ1) is 7.62. The van der Waals surface area contributed by atoms with E-state index in [0.717, 1.165) is 0 Å². The number of carboxylic acids is 1. The van der Waals surface area contributed by atoms with Gasteiger partial charge in [-0.1, -0.05) is 0 Å². The second-order valence-electron chi connectivity index (χ2n) is 2.78. The lowest BCUT2D eigenvalue weighted by Crippen LogP contribution is -2.08. The van der Waals surface area contributed by atoms with E-state index in [1.54, 1.807) is 0 Å². The van der Waals surface area contributed by atoms with Crippen LogP contribution < -0.4 is 14.2 Å². The second-order valence-corrected chi connectivity index (χ2v) is 2.78. The van der Waals surface area contributed by atoms with Crippen LogP contribution in [-0.4, -0.2) is 42.4 Å². The van der Waals surface area contributed by atoms with Gasteiger partial charge in [-0.3, -0.25) is 4.79 Å². The van der Waals surface area contributed by atoms with Crippen LogP contribution in [0.2, 0.25) is 0 Å². The highest BCUT2D eigenvalue weighted by Gasteiger charge is 2.18. The van der Waals surface area contributed by atoms with E-state index in [-0.39, 0.29) is 29.8 Å². The van der Waals surface area contributed by atoms with E-state index in [0.29, 0.717) is 0 Å². The Bertz CT molecular complexity index is 368. The molecule has 0 aliphatic rings. The molecule has 0 bridgehead atoms. The van der Waals surface area contributed by atoms with Gasteiger partial charge in [0.1, 0.15) is 0 Å². The van der Waals surface area contributed by atoms with Crippen LogP contribution in [0.15, 0.2) is 0 Å². The molecule has 1 heterocycles. The molecule has 16 heavy (non-hydrogen) atoms. The lowest BCUT2D eigenvalue weighted by Gasteiger charge is -2.10. The van der Waals surface area contributed by atoms with Gasteiger partial charge < -0.3 is 19.3 Å². The van der Waals surface area contributed by atoms with Crippen molar-refractivity contribution in [3.05, 3.63) is 5.56 Å². The Morgan fingerprint density at radius 3 is 1.94 bits per heavy atom. The van der Waals surface area contributed by atoms with Crippen molar-refractivity contribution in [1.82, 2.24) is 9.97 Å². The minimum absolute atomic E-state index is 0.0582. The largest absolute Gasteiger partial charge is 0.481 e. The van der Waals surface area contributed by atoms with Gasteiger partial charge in [0.2, 0.25) is 11.8 Å². The van der Waals surface area contributed by atoms with E-state index >= 15 is 0 Å². The number of rotatable bonds is 5. The zero-order valence-electron chi connectivity index (χ0n) is 9.18. The topological polar surface area (TPSA) is 90.8 Å². The van der Waals surface area contributed by atoms with Gasteiger partial charge in [0.05, 0.1) is 33.3 Å². The van der Waals surface area contributed by atoms with Crippen molar-refractivity contribution >= 4 is 5.97 Å². The molecule has 0 saturated heterocycles. The number of aromatic nitrogens is 2. The molecule has 0 amide bonds. The van der Waals surface area contributed by atoms with Crippen LogP contribution in [0.25, 0.3) is 0 Å². The summed E-state index contributed by atoms with van der Waals surface area (Å²) in [5, 5.41) is 8.74. The third kappa shape index (κ3) is 2.50. The van der Waals surface area contributed by atoms with Gasteiger partial charge in [0, 0.05) is 0 Å². The molecule has 1 N–H and O–H groups in total. The van der Waals surface area contributed by atoms with Crippen molar-refractivity contribution in [2.24, 2.45) is 0 Å². The Labute approximate surface area is 92.0 Å². The molecule has 7 nitrogen and oxygen atoms in total. The number of hydrogen-bond acceptors (Lipinski definition) is 6. The summed E-state index contributed by atoms with van der Waals surface area (Å²) in [5.74, 6) is -0.762. The Morgan fingerprint density at radius 2 is 1.62 bits per heavy atom. The van der Waals surface area contributed by atoms with E-state index < -0.39 is 5.97 Å². The molecule has 0 fully saturated rings. The van der Waals surface area contributed by atoms with E-state index in [1.807, 2.05) is 0 Å². The van der Waals surface area contributed by atoms with Crippen LogP contribution in [0.3, 0.4) is 0 Å². The standard InChI is InChI=1S/C9H12N2O5/c1-14-7-5(4-6(12)13)8(15-2)11-9(10-7)16-3/h4H2,1-3H3,(H,12,13). The van der Waals surface area contributed by atoms with Gasteiger partial charge >= 0.3 is 12.0 Å². The Balaban J connectivity index is 3.25. The quantitative estimate of drug-likeness (QED) is 0.765. The first-order valence-corrected chi connectivity index (χ1v) is 4.37. The number of carboxylic acid groups (broad SMARTS) is 1. The Morgan fingerprint density at radius 1 is 1.12 bits per heavy atom. The molecule has 88 valence electrons. The summed E-state index contributed by atoms with van der Waals surface area (Å²) in [7, 11) is 4.16. The average molecular weight is 228 g/mol. The summed E-state index contributed by atoms with van der Waals surface area (Å²) in [6.45, 7) is 0. The van der Waals surface area contributed by atoms with Crippen molar-refractivity contribution in [2.45, 2.75) is 6.42 Å². The van der Waals surface area contributed by atoms with Crippen molar-refractivity contribution in [3.8, 4) is 17.8 Å². The first-order valence-electron chi connectivity index (χ1n) is 4.37. The van der Waals surface area contributed by atoms with Crippen molar-refractivity contribution in [1.29, 1.82) is 0 Å². The van der Waals surface area contributed by atoms with Gasteiger partial charge in [0.15, 0.2) is 0 Å². The molecule has 1 aromatic rings. The lowest BCUT2D eigenvalue weighted by molar-refractivity contribution is -0.136. The molecular formula is C9H12N2O5. The van der Waals surface area contributed by atoms with E-state index in [4.69, 9.17) is 19.3 Å². The first kappa shape index (κ1) is 12.0. The SMILES string of the molecule is COc1nc(OC)c(CC(=O)O)c(OC)n1. The lowest BCUT2D eigenvalue weighted by atomic mass is 10.2. The molecule has 0 aliphatic carbocycles. The smallest absolute Gasteiger partial charge is 0.322 e. The zero-order valence-corrected chi connectivity index (χ0v) is 9.18. The summed E-state index contributed by atoms with van der Waals surface area (Å²) >= 11 is 0. The van der Waals surface area contributed by atoms with Crippen molar-refractivity contribution < 1.29 is 24.1 Å². The number of methoxy groups -OCH3 is 3. The van der Waals surface area contributed by atoms with Crippen LogP contribution in [0.4, 0.5) is 0 Å². The number of ether oxygens (including phenoxy) is 3. The number of nitrogens with zero attached hydrogens (tertiary/aromatic N) is 2. The van der Waals surface area contributed by atoms with Gasteiger partial charge in [-0.15, -0.1) is 0 Å². The predicted molar refractivity (Wildman–Crippen MR) is 53.0 cm³/mol. The summed E-state index contributed by atoms with van der Waals surface area (Å²) in [4.78, 5) is 18.4. The Hall–Kier alpha value is -2.05. The fourth-order valence-electron chi connectivity index (χ4n) is 1.16. The summed E-state index contributed by atoms with van der Waals surface area (Å²) in [6, 6.07) is 0.0582. The molecule has 0 saturated carbocycles. The molecule has 7 heteroatoms. The van der Waals surface area contributed by atoms with Gasteiger partial charge in [-0.25, -0.2) is 0 Å². The highest BCUT2D eigenvalue weighted by molar-refractivity contribution is 5.72. The molecular weight excluding hydrogens is 216 g/mol. The Kier molecular flexibility index (Phi) is 3.87. The normalized spacial score (nSPS) is 9.69. The second kappa shape index (κ2) is 5.15. The van der Waals surface area contributed by atoms with Gasteiger partial charge in [0.25, 0.3) is 0 Å². The van der Waals surface area contributed by atoms with Crippen LogP contribution in [-0.2, 0) is 11.2 Å². The van der Waals surface area contributed by atoms with Crippen LogP contribution in [0.1, 0.15) is 5.56 Å². The summed E-state index contributed by atoms with van der Waals surface area (Å²) in [5.41, 5.74) is 0.276. The molecule has 0 spiro atoms. The molecule has 1 rings (SSSR count). The van der Waals surface area contributed by atoms with Crippen LogP contribution in [0.5, 0.6) is 17.8 Å². The minimum Gasteiger partial charge on any atom is -0.481 e. The van der Waals surface area contributed by atoms with E-state index in [1.165, 1.54) is 21.3 Å². The van der Waals surface area contributed by atoms with E-state index in [2.05, 4.69) is 9.97 Å². The summed E-state index contributed by atoms with van der Waals surface area (Å²) < 4.78 is 14.7. The fourth-order valence-corrected chi connectivity index (χ4v) is 1.16. The third-order valence-electron chi connectivity index (χ3n) is 1.81. The third-order valence-corrected chi connectivity index (χ3v) is 1.81. The maximum absolute atomic E-state index is 10.7. The highest BCUT2D eigenvalue weighted by atomic mass is 16.5. The minimum atomic E-state index is -1.02. The van der Waals surface area contributed by atoms with Gasteiger partial charge in [-0.2, -0.15) is 9.97 Å². The highest BCUT2D eigenvalue weighted by Crippen LogP contribution is 2.27. The van der Waals surface area contributed by atoms with Crippen LogP contribution >= 0.6 is 0 Å². The average Bonchev–Trinajstić information content (AvgIpc) is 2.28. The molecule has 0 unspecified atom stereocenters.